The highest BCUT2D eigenvalue weighted by Gasteiger charge is 2.33. The minimum Gasteiger partial charge on any atom is -0.335 e. The number of fused-ring (bicyclic) bond motifs is 1. The molecule has 0 spiro atoms. The number of hydrogen-bond donors (Lipinski definition) is 0. The van der Waals surface area contributed by atoms with Crippen molar-refractivity contribution in [2.45, 2.75) is 38.6 Å². The molecule has 0 saturated carbocycles. The number of amides is 3. The Bertz CT molecular complexity index is 1150. The summed E-state index contributed by atoms with van der Waals surface area (Å²) in [7, 11) is 0. The fourth-order valence-corrected chi connectivity index (χ4v) is 5.88. The molecular weight excluding hydrogens is 408 g/mol. The minimum absolute atomic E-state index is 0.100. The van der Waals surface area contributed by atoms with E-state index in [0.29, 0.717) is 24.0 Å². The van der Waals surface area contributed by atoms with Gasteiger partial charge in [-0.25, -0.2) is 0 Å². The molecule has 3 aromatic rings. The lowest BCUT2D eigenvalue weighted by molar-refractivity contribution is -0.134. The summed E-state index contributed by atoms with van der Waals surface area (Å²) in [5.41, 5.74) is 2.40. The number of hydrogen-bond acceptors (Lipinski definition) is 4. The van der Waals surface area contributed by atoms with Crippen LogP contribution in [0.5, 0.6) is 0 Å². The molecule has 31 heavy (non-hydrogen) atoms. The highest BCUT2D eigenvalue weighted by Crippen LogP contribution is 2.36. The van der Waals surface area contributed by atoms with Crippen LogP contribution in [0, 0.1) is 0 Å². The van der Waals surface area contributed by atoms with Gasteiger partial charge in [-0.05, 0) is 53.8 Å². The minimum atomic E-state index is -0.269. The van der Waals surface area contributed by atoms with Gasteiger partial charge < -0.3 is 4.90 Å². The lowest BCUT2D eigenvalue weighted by Gasteiger charge is -2.35. The van der Waals surface area contributed by atoms with E-state index in [4.69, 9.17) is 0 Å². The van der Waals surface area contributed by atoms with Crippen LogP contribution in [-0.4, -0.2) is 40.6 Å². The quantitative estimate of drug-likeness (QED) is 0.544. The van der Waals surface area contributed by atoms with Crippen LogP contribution in [0.1, 0.15) is 63.4 Å². The zero-order chi connectivity index (χ0) is 21.5. The molecule has 0 aliphatic carbocycles. The fourth-order valence-electron chi connectivity index (χ4n) is 4.95. The number of imide groups is 1. The topological polar surface area (TPSA) is 57.7 Å². The van der Waals surface area contributed by atoms with E-state index >= 15 is 0 Å². The van der Waals surface area contributed by atoms with Crippen molar-refractivity contribution in [3.63, 3.8) is 0 Å². The van der Waals surface area contributed by atoms with Gasteiger partial charge in [-0.2, -0.15) is 0 Å². The summed E-state index contributed by atoms with van der Waals surface area (Å²) in [6.07, 6.45) is 2.59. The predicted molar refractivity (Wildman–Crippen MR) is 121 cm³/mol. The lowest BCUT2D eigenvalue weighted by atomic mass is 9.94. The second-order valence-electron chi connectivity index (χ2n) is 8.14. The van der Waals surface area contributed by atoms with Crippen molar-refractivity contribution in [2.75, 3.05) is 13.1 Å². The second kappa shape index (κ2) is 7.93. The Balaban J connectivity index is 1.28. The van der Waals surface area contributed by atoms with Gasteiger partial charge in [0.2, 0.25) is 5.91 Å². The van der Waals surface area contributed by atoms with E-state index in [-0.39, 0.29) is 30.3 Å². The molecule has 3 amide bonds. The maximum Gasteiger partial charge on any atom is 0.261 e. The van der Waals surface area contributed by atoms with E-state index < -0.39 is 0 Å². The number of nitrogens with zero attached hydrogens (tertiary/aromatic N) is 2. The molecule has 1 atom stereocenters. The van der Waals surface area contributed by atoms with Crippen LogP contribution in [0.4, 0.5) is 0 Å². The van der Waals surface area contributed by atoms with E-state index in [1.165, 1.54) is 15.3 Å². The summed E-state index contributed by atoms with van der Waals surface area (Å²) in [6.45, 7) is 3.10. The molecule has 0 N–H and O–H groups in total. The molecule has 1 aromatic heterocycles. The van der Waals surface area contributed by atoms with Crippen LogP contribution >= 0.6 is 11.3 Å². The van der Waals surface area contributed by atoms with E-state index in [9.17, 15) is 14.4 Å². The summed E-state index contributed by atoms with van der Waals surface area (Å²) >= 11 is 1.77. The smallest absolute Gasteiger partial charge is 0.261 e. The van der Waals surface area contributed by atoms with Crippen LogP contribution in [0.2, 0.25) is 0 Å². The Morgan fingerprint density at radius 3 is 2.45 bits per heavy atom. The van der Waals surface area contributed by atoms with Crippen LogP contribution in [0.3, 0.4) is 0 Å². The van der Waals surface area contributed by atoms with Gasteiger partial charge >= 0.3 is 0 Å². The summed E-state index contributed by atoms with van der Waals surface area (Å²) in [6, 6.07) is 13.3. The molecule has 0 bridgehead atoms. The molecular formula is C25H24N2O3S. The van der Waals surface area contributed by atoms with Gasteiger partial charge in [0, 0.05) is 40.9 Å². The number of carbonyl (C=O) groups excluding carboxylic acids is 3. The first-order chi connectivity index (χ1) is 15.1. The van der Waals surface area contributed by atoms with Crippen molar-refractivity contribution >= 4 is 39.8 Å². The van der Waals surface area contributed by atoms with Gasteiger partial charge in [-0.1, -0.05) is 31.2 Å². The summed E-state index contributed by atoms with van der Waals surface area (Å²) in [5.74, 6) is -0.439. The molecule has 2 aliphatic heterocycles. The van der Waals surface area contributed by atoms with Gasteiger partial charge in [0.1, 0.15) is 0 Å². The van der Waals surface area contributed by atoms with Crippen molar-refractivity contribution in [3.05, 3.63) is 69.4 Å². The maximum absolute atomic E-state index is 13.0. The third-order valence-electron chi connectivity index (χ3n) is 6.43. The Morgan fingerprint density at radius 2 is 1.77 bits per heavy atom. The Morgan fingerprint density at radius 1 is 1.06 bits per heavy atom. The first-order valence-electron chi connectivity index (χ1n) is 10.8. The third-order valence-corrected chi connectivity index (χ3v) is 7.43. The average Bonchev–Trinajstić information content (AvgIpc) is 3.27. The van der Waals surface area contributed by atoms with Crippen molar-refractivity contribution < 1.29 is 14.4 Å². The van der Waals surface area contributed by atoms with Gasteiger partial charge in [-0.15, -0.1) is 11.3 Å². The fraction of sp³-hybridized carbons (Fsp3) is 0.320. The predicted octanol–water partition coefficient (Wildman–Crippen LogP) is 4.81. The highest BCUT2D eigenvalue weighted by atomic mass is 32.1. The van der Waals surface area contributed by atoms with Gasteiger partial charge in [0.05, 0.1) is 6.04 Å². The van der Waals surface area contributed by atoms with Crippen molar-refractivity contribution in [3.8, 4) is 0 Å². The van der Waals surface area contributed by atoms with Crippen molar-refractivity contribution in [2.24, 2.45) is 0 Å². The van der Waals surface area contributed by atoms with Crippen LogP contribution < -0.4 is 0 Å². The first kappa shape index (κ1) is 19.9. The number of carbonyl (C=O) groups is 3. The zero-order valence-electron chi connectivity index (χ0n) is 17.5. The molecule has 0 saturated heterocycles. The van der Waals surface area contributed by atoms with Crippen LogP contribution in [-0.2, 0) is 11.2 Å². The average molecular weight is 433 g/mol. The van der Waals surface area contributed by atoms with E-state index in [2.05, 4.69) is 18.4 Å². The second-order valence-corrected chi connectivity index (χ2v) is 9.14. The Hall–Kier alpha value is -2.99. The number of rotatable bonds is 5. The summed E-state index contributed by atoms with van der Waals surface area (Å²) in [5, 5.41) is 3.74. The normalized spacial score (nSPS) is 17.9. The molecule has 158 valence electrons. The van der Waals surface area contributed by atoms with E-state index in [1.807, 2.05) is 29.2 Å². The molecule has 3 heterocycles. The molecule has 5 nitrogen and oxygen atoms in total. The molecule has 2 aromatic carbocycles. The van der Waals surface area contributed by atoms with Crippen LogP contribution in [0.15, 0.2) is 47.8 Å². The summed E-state index contributed by atoms with van der Waals surface area (Å²) in [4.78, 5) is 43.7. The molecule has 0 fully saturated rings. The van der Waals surface area contributed by atoms with Crippen LogP contribution in [0.25, 0.3) is 10.8 Å². The first-order valence-corrected chi connectivity index (χ1v) is 11.7. The molecule has 2 aliphatic rings. The number of thiophene rings is 1. The van der Waals surface area contributed by atoms with Gasteiger partial charge in [0.25, 0.3) is 11.8 Å². The Kier molecular flexibility index (Phi) is 5.10. The number of benzene rings is 2. The molecule has 1 unspecified atom stereocenters. The Labute approximate surface area is 185 Å². The molecule has 5 rings (SSSR count). The van der Waals surface area contributed by atoms with E-state index in [0.717, 1.165) is 30.2 Å². The summed E-state index contributed by atoms with van der Waals surface area (Å²) < 4.78 is 0. The standard InChI is InChI=1S/C25H24N2O3S/c1-2-20-17-12-15-31-21(17)11-14-26(20)22(28)10-5-13-27-24(29)18-8-3-6-16-7-4-9-19(23(16)18)25(27)30/h3-4,6-9,12,15,20H,2,5,10-11,13-14H2,1H3. The lowest BCUT2D eigenvalue weighted by Crippen LogP contribution is -2.42. The van der Waals surface area contributed by atoms with Crippen molar-refractivity contribution in [1.29, 1.82) is 0 Å². The monoisotopic (exact) mass is 432 g/mol. The zero-order valence-corrected chi connectivity index (χ0v) is 18.3. The molecule has 6 heteroatoms. The van der Waals surface area contributed by atoms with Gasteiger partial charge in [-0.3, -0.25) is 19.3 Å². The largest absolute Gasteiger partial charge is 0.335 e. The highest BCUT2D eigenvalue weighted by molar-refractivity contribution is 7.10. The van der Waals surface area contributed by atoms with E-state index in [1.54, 1.807) is 23.5 Å². The SMILES string of the molecule is CCC1c2ccsc2CCN1C(=O)CCCN1C(=O)c2cccc3cccc(c23)C1=O. The third kappa shape index (κ3) is 3.26. The molecule has 0 radical (unpaired) electrons. The maximum atomic E-state index is 13.0. The van der Waals surface area contributed by atoms with Gasteiger partial charge in [0.15, 0.2) is 0 Å². The van der Waals surface area contributed by atoms with Crippen molar-refractivity contribution in [1.82, 2.24) is 9.80 Å².